The molecule has 0 spiro atoms. The first-order chi connectivity index (χ1) is 10.3. The summed E-state index contributed by atoms with van der Waals surface area (Å²) in [7, 11) is 0. The van der Waals surface area contributed by atoms with Crippen molar-refractivity contribution in [1.82, 2.24) is 0 Å². The average Bonchev–Trinajstić information content (AvgIpc) is 2.51. The van der Waals surface area contributed by atoms with Crippen LogP contribution >= 0.6 is 47.8 Å². The fourth-order valence-corrected chi connectivity index (χ4v) is 5.61. The standard InChI is InChI=1S/3C4H5BrO2.In/c3*1-2-3(5)4(6)7;/h3*2H,1H3,(H,6,7);/q;;;+3/p-3/b3*3-2-;. The van der Waals surface area contributed by atoms with Crippen molar-refractivity contribution in [3.8, 4) is 0 Å². The molecule has 0 rings (SSSR count). The van der Waals surface area contributed by atoms with E-state index in [1.54, 1.807) is 20.8 Å². The molecule has 0 N–H and O–H groups in total. The van der Waals surface area contributed by atoms with Crippen molar-refractivity contribution in [2.75, 3.05) is 0 Å². The van der Waals surface area contributed by atoms with Crippen molar-refractivity contribution in [3.05, 3.63) is 31.7 Å². The van der Waals surface area contributed by atoms with Crippen molar-refractivity contribution in [1.29, 1.82) is 0 Å². The van der Waals surface area contributed by atoms with Crippen LogP contribution in [0.1, 0.15) is 20.8 Å². The molecule has 0 heterocycles. The van der Waals surface area contributed by atoms with Crippen LogP contribution in [0.25, 0.3) is 0 Å². The molecule has 0 aliphatic rings. The minimum absolute atomic E-state index is 0.136. The Labute approximate surface area is 162 Å². The van der Waals surface area contributed by atoms with E-state index in [4.69, 9.17) is 8.56 Å². The van der Waals surface area contributed by atoms with Gasteiger partial charge >= 0.3 is 164 Å². The zero-order valence-electron chi connectivity index (χ0n) is 11.9. The molecule has 0 fully saturated rings. The summed E-state index contributed by atoms with van der Waals surface area (Å²) < 4.78 is 15.4. The molecule has 0 aliphatic carbocycles. The monoisotopic (exact) mass is 604 g/mol. The van der Waals surface area contributed by atoms with E-state index in [0.717, 1.165) is 0 Å². The average molecular weight is 607 g/mol. The SMILES string of the molecule is C/C=C(\Br)C(=O)[O][In]([O]C(=O)/C(Br)=C/C)[O]C(=O)/C(Br)=C/C. The number of carbonyl (C=O) groups excluding carboxylic acids is 3. The van der Waals surface area contributed by atoms with E-state index in [9.17, 15) is 14.4 Å². The second-order valence-electron chi connectivity index (χ2n) is 3.41. The number of rotatable bonds is 6. The number of hydrogen-bond donors (Lipinski definition) is 0. The molecule has 0 aromatic heterocycles. The summed E-state index contributed by atoms with van der Waals surface area (Å²) in [5.74, 6) is -2.30. The Morgan fingerprint density at radius 1 is 0.682 bits per heavy atom. The summed E-state index contributed by atoms with van der Waals surface area (Å²) in [6.45, 7) is 4.84. The van der Waals surface area contributed by atoms with Crippen LogP contribution in [0.3, 0.4) is 0 Å². The third-order valence-electron chi connectivity index (χ3n) is 1.96. The second-order valence-corrected chi connectivity index (χ2v) is 9.64. The fourth-order valence-electron chi connectivity index (χ4n) is 0.857. The zero-order valence-corrected chi connectivity index (χ0v) is 19.9. The summed E-state index contributed by atoms with van der Waals surface area (Å²) in [6, 6.07) is 0. The Kier molecular flexibility index (Phi) is 11.4. The molecule has 0 bridgehead atoms. The van der Waals surface area contributed by atoms with Crippen molar-refractivity contribution in [2.24, 2.45) is 0 Å². The van der Waals surface area contributed by atoms with Gasteiger partial charge in [-0.3, -0.25) is 0 Å². The van der Waals surface area contributed by atoms with Crippen LogP contribution in [-0.2, 0) is 22.9 Å². The van der Waals surface area contributed by atoms with E-state index in [1.165, 1.54) is 18.2 Å². The topological polar surface area (TPSA) is 78.9 Å². The van der Waals surface area contributed by atoms with Crippen LogP contribution in [-0.4, -0.2) is 40.7 Å². The van der Waals surface area contributed by atoms with Gasteiger partial charge in [-0.05, 0) is 0 Å². The Morgan fingerprint density at radius 2 is 0.909 bits per heavy atom. The van der Waals surface area contributed by atoms with Crippen molar-refractivity contribution >= 4 is 88.4 Å². The molecule has 0 aromatic carbocycles. The van der Waals surface area contributed by atoms with E-state index in [1.807, 2.05) is 0 Å². The predicted molar refractivity (Wildman–Crippen MR) is 92.1 cm³/mol. The van der Waals surface area contributed by atoms with Crippen molar-refractivity contribution in [3.63, 3.8) is 0 Å². The van der Waals surface area contributed by atoms with Crippen LogP contribution in [0.2, 0.25) is 0 Å². The first-order valence-corrected chi connectivity index (χ1v) is 12.3. The third kappa shape index (κ3) is 7.98. The van der Waals surface area contributed by atoms with Gasteiger partial charge < -0.3 is 0 Å². The summed E-state index contributed by atoms with van der Waals surface area (Å²) >= 11 is 4.79. The second kappa shape index (κ2) is 11.5. The molecule has 0 saturated heterocycles. The van der Waals surface area contributed by atoms with Gasteiger partial charge in [0.25, 0.3) is 0 Å². The minimum atomic E-state index is -4.17. The third-order valence-corrected chi connectivity index (χ3v) is 7.78. The number of carbonyl (C=O) groups is 3. The Balaban J connectivity index is 5.11. The van der Waals surface area contributed by atoms with E-state index < -0.39 is 40.7 Å². The molecule has 0 saturated carbocycles. The number of halogens is 3. The van der Waals surface area contributed by atoms with Crippen LogP contribution in [0.4, 0.5) is 0 Å². The molecule has 0 aromatic rings. The van der Waals surface area contributed by atoms with Crippen LogP contribution in [0.5, 0.6) is 0 Å². The van der Waals surface area contributed by atoms with Gasteiger partial charge in [0.1, 0.15) is 0 Å². The summed E-state index contributed by atoms with van der Waals surface area (Å²) in [5, 5.41) is 0. The van der Waals surface area contributed by atoms with Gasteiger partial charge in [-0.25, -0.2) is 0 Å². The Morgan fingerprint density at radius 3 is 1.09 bits per heavy atom. The van der Waals surface area contributed by atoms with Crippen LogP contribution in [0, 0.1) is 0 Å². The van der Waals surface area contributed by atoms with Crippen LogP contribution < -0.4 is 0 Å². The number of allylic oxidation sites excluding steroid dienone is 3. The van der Waals surface area contributed by atoms with Gasteiger partial charge in [-0.1, -0.05) is 0 Å². The van der Waals surface area contributed by atoms with Gasteiger partial charge in [-0.2, -0.15) is 0 Å². The maximum atomic E-state index is 11.7. The van der Waals surface area contributed by atoms with Crippen LogP contribution in [0.15, 0.2) is 31.7 Å². The molecule has 10 heteroatoms. The van der Waals surface area contributed by atoms with Gasteiger partial charge in [0.05, 0.1) is 0 Å². The van der Waals surface area contributed by atoms with Crippen molar-refractivity contribution in [2.45, 2.75) is 20.8 Å². The fraction of sp³-hybridized carbons (Fsp3) is 0.250. The van der Waals surface area contributed by atoms with E-state index >= 15 is 0 Å². The van der Waals surface area contributed by atoms with Gasteiger partial charge in [0, 0.05) is 0 Å². The molecular weight excluding hydrogens is 595 g/mol. The molecule has 0 atom stereocenters. The van der Waals surface area contributed by atoms with E-state index in [0.29, 0.717) is 0 Å². The van der Waals surface area contributed by atoms with E-state index in [2.05, 4.69) is 47.8 Å². The van der Waals surface area contributed by atoms with E-state index in [-0.39, 0.29) is 13.4 Å². The van der Waals surface area contributed by atoms with Gasteiger partial charge in [0.2, 0.25) is 0 Å². The predicted octanol–water partition coefficient (Wildman–Crippen LogP) is 3.50. The first kappa shape index (κ1) is 21.9. The van der Waals surface area contributed by atoms with Gasteiger partial charge in [-0.15, -0.1) is 0 Å². The molecule has 0 radical (unpaired) electrons. The molecule has 6 nitrogen and oxygen atoms in total. The molecule has 22 heavy (non-hydrogen) atoms. The quantitative estimate of drug-likeness (QED) is 0.431. The van der Waals surface area contributed by atoms with Gasteiger partial charge in [0.15, 0.2) is 0 Å². The molecule has 0 amide bonds. The summed E-state index contributed by atoms with van der Waals surface area (Å²) in [4.78, 5) is 35.1. The Bertz CT molecular complexity index is 465. The maximum absolute atomic E-state index is 11.7. The Hall–Kier alpha value is -0.0599. The summed E-state index contributed by atoms with van der Waals surface area (Å²) in [6.07, 6.45) is 4.37. The molecule has 120 valence electrons. The normalized spacial score (nSPS) is 12.5. The summed E-state index contributed by atoms with van der Waals surface area (Å²) in [5.41, 5.74) is 0. The first-order valence-electron chi connectivity index (χ1n) is 5.85. The zero-order chi connectivity index (χ0) is 17.3. The molecular formula is C12H12Br3InO6. The molecule has 0 unspecified atom stereocenters. The molecule has 0 aliphatic heterocycles. The van der Waals surface area contributed by atoms with Crippen molar-refractivity contribution < 1.29 is 22.9 Å². The number of hydrogen-bond acceptors (Lipinski definition) is 6.